The molecule has 1 aliphatic rings. The van der Waals surface area contributed by atoms with E-state index < -0.39 is 0 Å². The van der Waals surface area contributed by atoms with E-state index in [-0.39, 0.29) is 0 Å². The second kappa shape index (κ2) is 5.54. The molecule has 2 heteroatoms. The molecule has 1 aromatic heterocycles. The highest BCUT2D eigenvalue weighted by Gasteiger charge is 2.23. The maximum Gasteiger partial charge on any atom is 0.0315 e. The lowest BCUT2D eigenvalue weighted by Crippen LogP contribution is -2.18. The maximum atomic E-state index is 4.17. The van der Waals surface area contributed by atoms with Gasteiger partial charge in [-0.05, 0) is 48.4 Å². The minimum absolute atomic E-state index is 0.332. The number of hydrogen-bond donors (Lipinski definition) is 1. The molecule has 1 fully saturated rings. The highest BCUT2D eigenvalue weighted by Crippen LogP contribution is 2.40. The van der Waals surface area contributed by atoms with Gasteiger partial charge in [0.2, 0.25) is 0 Å². The molecule has 0 bridgehead atoms. The Labute approximate surface area is 114 Å². The molecule has 98 valence electrons. The highest BCUT2D eigenvalue weighted by molar-refractivity contribution is 5.29. The summed E-state index contributed by atoms with van der Waals surface area (Å²) in [6, 6.07) is 13.4. The SMILES string of the molecule is C[C@@H](NCc1cccc(C2CC2)c1)c1cccnc1. The van der Waals surface area contributed by atoms with E-state index in [1.54, 1.807) is 0 Å². The van der Waals surface area contributed by atoms with E-state index in [0.717, 1.165) is 12.5 Å². The smallest absolute Gasteiger partial charge is 0.0315 e. The van der Waals surface area contributed by atoms with E-state index in [2.05, 4.69) is 47.6 Å². The van der Waals surface area contributed by atoms with E-state index in [4.69, 9.17) is 0 Å². The molecule has 3 rings (SSSR count). The van der Waals surface area contributed by atoms with Crippen molar-refractivity contribution in [3.05, 3.63) is 65.5 Å². The molecule has 1 aromatic carbocycles. The third-order valence-corrected chi connectivity index (χ3v) is 3.80. The Morgan fingerprint density at radius 3 is 2.89 bits per heavy atom. The van der Waals surface area contributed by atoms with E-state index in [1.165, 1.54) is 29.5 Å². The topological polar surface area (TPSA) is 24.9 Å². The fourth-order valence-corrected chi connectivity index (χ4v) is 2.39. The molecule has 0 unspecified atom stereocenters. The van der Waals surface area contributed by atoms with Crippen molar-refractivity contribution in [2.24, 2.45) is 0 Å². The summed E-state index contributed by atoms with van der Waals surface area (Å²) in [7, 11) is 0. The monoisotopic (exact) mass is 252 g/mol. The van der Waals surface area contributed by atoms with Gasteiger partial charge in [0.15, 0.2) is 0 Å². The zero-order valence-corrected chi connectivity index (χ0v) is 11.3. The summed E-state index contributed by atoms with van der Waals surface area (Å²) in [5.41, 5.74) is 4.12. The third kappa shape index (κ3) is 3.21. The van der Waals surface area contributed by atoms with Crippen LogP contribution in [0.1, 0.15) is 48.4 Å². The Balaban J connectivity index is 1.61. The lowest BCUT2D eigenvalue weighted by atomic mass is 10.1. The summed E-state index contributed by atoms with van der Waals surface area (Å²) >= 11 is 0. The lowest BCUT2D eigenvalue weighted by molar-refractivity contribution is 0.573. The molecule has 19 heavy (non-hydrogen) atoms. The molecule has 0 spiro atoms. The Bertz CT molecular complexity index is 532. The van der Waals surface area contributed by atoms with Crippen molar-refractivity contribution in [2.75, 3.05) is 0 Å². The van der Waals surface area contributed by atoms with Gasteiger partial charge in [0.05, 0.1) is 0 Å². The number of nitrogens with one attached hydrogen (secondary N) is 1. The van der Waals surface area contributed by atoms with Crippen LogP contribution in [0.2, 0.25) is 0 Å². The van der Waals surface area contributed by atoms with Crippen molar-refractivity contribution in [3.63, 3.8) is 0 Å². The van der Waals surface area contributed by atoms with E-state index in [1.807, 2.05) is 18.5 Å². The molecule has 1 N–H and O–H groups in total. The van der Waals surface area contributed by atoms with Crippen LogP contribution >= 0.6 is 0 Å². The van der Waals surface area contributed by atoms with Gasteiger partial charge >= 0.3 is 0 Å². The molecular formula is C17H20N2. The normalized spacial score (nSPS) is 16.3. The van der Waals surface area contributed by atoms with Gasteiger partial charge in [-0.15, -0.1) is 0 Å². The van der Waals surface area contributed by atoms with Crippen molar-refractivity contribution < 1.29 is 0 Å². The van der Waals surface area contributed by atoms with Crippen LogP contribution in [0.4, 0.5) is 0 Å². The zero-order valence-electron chi connectivity index (χ0n) is 11.3. The minimum atomic E-state index is 0.332. The van der Waals surface area contributed by atoms with Gasteiger partial charge in [-0.25, -0.2) is 0 Å². The summed E-state index contributed by atoms with van der Waals surface area (Å²) < 4.78 is 0. The maximum absolute atomic E-state index is 4.17. The number of hydrogen-bond acceptors (Lipinski definition) is 2. The average Bonchev–Trinajstić information content (AvgIpc) is 3.31. The van der Waals surface area contributed by atoms with Gasteiger partial charge in [0.25, 0.3) is 0 Å². The Morgan fingerprint density at radius 2 is 2.16 bits per heavy atom. The number of pyridine rings is 1. The van der Waals surface area contributed by atoms with Gasteiger partial charge in [0.1, 0.15) is 0 Å². The third-order valence-electron chi connectivity index (χ3n) is 3.80. The van der Waals surface area contributed by atoms with E-state index in [9.17, 15) is 0 Å². The fourth-order valence-electron chi connectivity index (χ4n) is 2.39. The summed E-state index contributed by atoms with van der Waals surface area (Å²) in [6.45, 7) is 3.10. The van der Waals surface area contributed by atoms with Crippen molar-refractivity contribution >= 4 is 0 Å². The summed E-state index contributed by atoms with van der Waals surface area (Å²) in [5, 5.41) is 3.56. The molecule has 2 aromatic rings. The molecule has 1 heterocycles. The molecule has 0 aliphatic heterocycles. The predicted octanol–water partition coefficient (Wildman–Crippen LogP) is 3.81. The van der Waals surface area contributed by atoms with Gasteiger partial charge in [0, 0.05) is 25.0 Å². The molecule has 2 nitrogen and oxygen atoms in total. The summed E-state index contributed by atoms with van der Waals surface area (Å²) in [6.07, 6.45) is 6.47. The van der Waals surface area contributed by atoms with Crippen LogP contribution in [0, 0.1) is 0 Å². The Hall–Kier alpha value is -1.67. The molecule has 0 saturated heterocycles. The lowest BCUT2D eigenvalue weighted by Gasteiger charge is -2.14. The molecule has 0 radical (unpaired) electrons. The fraction of sp³-hybridized carbons (Fsp3) is 0.353. The van der Waals surface area contributed by atoms with Crippen molar-refractivity contribution in [3.8, 4) is 0 Å². The van der Waals surface area contributed by atoms with Crippen LogP contribution in [0.15, 0.2) is 48.8 Å². The largest absolute Gasteiger partial charge is 0.306 e. The first-order valence-corrected chi connectivity index (χ1v) is 7.05. The van der Waals surface area contributed by atoms with Crippen LogP contribution in [-0.4, -0.2) is 4.98 Å². The van der Waals surface area contributed by atoms with Crippen LogP contribution in [0.5, 0.6) is 0 Å². The first kappa shape index (κ1) is 12.4. The van der Waals surface area contributed by atoms with E-state index >= 15 is 0 Å². The number of aromatic nitrogens is 1. The second-order valence-electron chi connectivity index (χ2n) is 5.41. The van der Waals surface area contributed by atoms with Crippen molar-refractivity contribution in [1.29, 1.82) is 0 Å². The zero-order chi connectivity index (χ0) is 13.1. The van der Waals surface area contributed by atoms with Crippen molar-refractivity contribution in [2.45, 2.75) is 38.3 Å². The minimum Gasteiger partial charge on any atom is -0.306 e. The second-order valence-corrected chi connectivity index (χ2v) is 5.41. The van der Waals surface area contributed by atoms with Crippen LogP contribution < -0.4 is 5.32 Å². The van der Waals surface area contributed by atoms with Crippen molar-refractivity contribution in [1.82, 2.24) is 10.3 Å². The predicted molar refractivity (Wildman–Crippen MR) is 77.9 cm³/mol. The summed E-state index contributed by atoms with van der Waals surface area (Å²) in [4.78, 5) is 4.17. The highest BCUT2D eigenvalue weighted by atomic mass is 14.9. The first-order chi connectivity index (χ1) is 9.33. The van der Waals surface area contributed by atoms with Crippen LogP contribution in [0.3, 0.4) is 0 Å². The first-order valence-electron chi connectivity index (χ1n) is 7.05. The van der Waals surface area contributed by atoms with E-state index in [0.29, 0.717) is 6.04 Å². The molecule has 0 amide bonds. The average molecular weight is 252 g/mol. The van der Waals surface area contributed by atoms with Gasteiger partial charge in [-0.1, -0.05) is 30.3 Å². The molecular weight excluding hydrogens is 232 g/mol. The number of nitrogens with zero attached hydrogens (tertiary/aromatic N) is 1. The Morgan fingerprint density at radius 1 is 1.26 bits per heavy atom. The Kier molecular flexibility index (Phi) is 3.60. The number of rotatable bonds is 5. The number of benzene rings is 1. The molecule has 1 atom stereocenters. The van der Waals surface area contributed by atoms with Gasteiger partial charge < -0.3 is 5.32 Å². The summed E-state index contributed by atoms with van der Waals surface area (Å²) in [5.74, 6) is 0.829. The standard InChI is InChI=1S/C17H20N2/c1-13(17-6-3-9-18-12-17)19-11-14-4-2-5-16(10-14)15-7-8-15/h2-6,9-10,12-13,15,19H,7-8,11H2,1H3/t13-/m1/s1. The quantitative estimate of drug-likeness (QED) is 0.875. The van der Waals surface area contributed by atoms with Gasteiger partial charge in [-0.3, -0.25) is 4.98 Å². The van der Waals surface area contributed by atoms with Crippen LogP contribution in [-0.2, 0) is 6.54 Å². The molecule has 1 saturated carbocycles. The van der Waals surface area contributed by atoms with Gasteiger partial charge in [-0.2, -0.15) is 0 Å². The van der Waals surface area contributed by atoms with Crippen LogP contribution in [0.25, 0.3) is 0 Å². The molecule has 1 aliphatic carbocycles.